The molecule has 28 heavy (non-hydrogen) atoms. The molecule has 2 N–H and O–H groups in total. The van der Waals surface area contributed by atoms with Gasteiger partial charge in [0.05, 0.1) is 5.69 Å². The highest BCUT2D eigenvalue weighted by Crippen LogP contribution is 2.22. The second-order valence-electron chi connectivity index (χ2n) is 6.06. The fourth-order valence-corrected chi connectivity index (χ4v) is 3.20. The van der Waals surface area contributed by atoms with Crippen molar-refractivity contribution in [2.45, 2.75) is 20.3 Å². The van der Waals surface area contributed by atoms with E-state index in [9.17, 15) is 9.59 Å². The molecule has 1 aromatic carbocycles. The maximum absolute atomic E-state index is 12.1. The number of thiazole rings is 1. The fourth-order valence-electron chi connectivity index (χ4n) is 2.37. The number of hydrogen-bond donors (Lipinski definition) is 2. The van der Waals surface area contributed by atoms with Gasteiger partial charge in [0.25, 0.3) is 0 Å². The molecular formula is C21H18N4O2S. The summed E-state index contributed by atoms with van der Waals surface area (Å²) in [5.74, 6) is 5.28. The van der Waals surface area contributed by atoms with Gasteiger partial charge in [0.15, 0.2) is 5.13 Å². The van der Waals surface area contributed by atoms with Gasteiger partial charge in [-0.3, -0.25) is 14.6 Å². The lowest BCUT2D eigenvalue weighted by Gasteiger charge is -2.05. The average molecular weight is 390 g/mol. The zero-order valence-corrected chi connectivity index (χ0v) is 16.3. The zero-order chi connectivity index (χ0) is 19.9. The molecule has 2 amide bonds. The van der Waals surface area contributed by atoms with E-state index in [1.807, 2.05) is 44.2 Å². The molecule has 0 bridgehead atoms. The minimum absolute atomic E-state index is 0.287. The molecule has 0 spiro atoms. The number of aryl methyl sites for hydroxylation is 2. The van der Waals surface area contributed by atoms with Crippen LogP contribution in [0.4, 0.5) is 10.8 Å². The lowest BCUT2D eigenvalue weighted by atomic mass is 10.2. The van der Waals surface area contributed by atoms with Gasteiger partial charge in [0.1, 0.15) is 11.3 Å². The summed E-state index contributed by atoms with van der Waals surface area (Å²) in [4.78, 5) is 33.2. The van der Waals surface area contributed by atoms with E-state index in [1.54, 1.807) is 18.5 Å². The second kappa shape index (κ2) is 8.93. The Morgan fingerprint density at radius 1 is 1.04 bits per heavy atom. The van der Waals surface area contributed by atoms with Gasteiger partial charge < -0.3 is 10.6 Å². The van der Waals surface area contributed by atoms with Crippen LogP contribution in [0.15, 0.2) is 48.8 Å². The van der Waals surface area contributed by atoms with Crippen LogP contribution in [-0.4, -0.2) is 21.8 Å². The summed E-state index contributed by atoms with van der Waals surface area (Å²) in [7, 11) is 0. The van der Waals surface area contributed by atoms with Crippen molar-refractivity contribution in [1.82, 2.24) is 9.97 Å². The lowest BCUT2D eigenvalue weighted by molar-refractivity contribution is -0.123. The second-order valence-corrected chi connectivity index (χ2v) is 7.06. The van der Waals surface area contributed by atoms with Gasteiger partial charge in [-0.25, -0.2) is 4.98 Å². The van der Waals surface area contributed by atoms with E-state index in [0.29, 0.717) is 10.8 Å². The lowest BCUT2D eigenvalue weighted by Crippen LogP contribution is -2.21. The molecule has 0 fully saturated rings. The number of amides is 2. The van der Waals surface area contributed by atoms with Crippen LogP contribution >= 0.6 is 11.3 Å². The molecule has 2 heterocycles. The summed E-state index contributed by atoms with van der Waals surface area (Å²) >= 11 is 1.28. The molecule has 140 valence electrons. The Hall–Kier alpha value is -3.50. The molecule has 6 nitrogen and oxygen atoms in total. The molecule has 3 aromatic rings. The Morgan fingerprint density at radius 3 is 2.54 bits per heavy atom. The van der Waals surface area contributed by atoms with Crippen molar-refractivity contribution in [2.24, 2.45) is 0 Å². The topological polar surface area (TPSA) is 84.0 Å². The maximum Gasteiger partial charge on any atom is 0.235 e. The number of anilines is 2. The first-order chi connectivity index (χ1) is 13.5. The summed E-state index contributed by atoms with van der Waals surface area (Å²) in [6.45, 7) is 3.76. The summed E-state index contributed by atoms with van der Waals surface area (Å²) in [6.07, 6.45) is 3.07. The quantitative estimate of drug-likeness (QED) is 0.527. The van der Waals surface area contributed by atoms with Crippen LogP contribution in [0.1, 0.15) is 28.1 Å². The molecule has 0 atom stereocenters. The van der Waals surface area contributed by atoms with E-state index in [1.165, 1.54) is 11.3 Å². The number of carbonyl (C=O) groups is 2. The van der Waals surface area contributed by atoms with Gasteiger partial charge in [-0.15, -0.1) is 0 Å². The molecule has 0 saturated heterocycles. The average Bonchev–Trinajstić information content (AvgIpc) is 2.99. The third kappa shape index (κ3) is 5.50. The van der Waals surface area contributed by atoms with Crippen LogP contribution in [0.2, 0.25) is 0 Å². The van der Waals surface area contributed by atoms with E-state index < -0.39 is 5.91 Å². The molecule has 0 aliphatic rings. The third-order valence-corrected chi connectivity index (χ3v) is 4.65. The molecule has 0 unspecified atom stereocenters. The summed E-state index contributed by atoms with van der Waals surface area (Å²) in [6, 6.07) is 11.0. The van der Waals surface area contributed by atoms with E-state index >= 15 is 0 Å². The standard InChI is InChI=1S/C21H18N4O2S/c1-14-4-3-5-17(12-14)24-19(26)13-20(27)25-21-23-15(2)18(28-21)7-6-16-8-10-22-11-9-16/h3-5,8-12H,13H2,1-2H3,(H,24,26)(H,23,25,27). The molecule has 7 heteroatoms. The summed E-state index contributed by atoms with van der Waals surface area (Å²) in [5.41, 5.74) is 3.27. The molecule has 0 aliphatic heterocycles. The number of pyridine rings is 1. The highest BCUT2D eigenvalue weighted by Gasteiger charge is 2.13. The largest absolute Gasteiger partial charge is 0.326 e. The van der Waals surface area contributed by atoms with Gasteiger partial charge in [-0.1, -0.05) is 29.4 Å². The molecular weight excluding hydrogens is 372 g/mol. The number of rotatable bonds is 4. The summed E-state index contributed by atoms with van der Waals surface area (Å²) < 4.78 is 0. The Balaban J connectivity index is 1.59. The Bertz CT molecular complexity index is 1060. The monoisotopic (exact) mass is 390 g/mol. The molecule has 0 saturated carbocycles. The zero-order valence-electron chi connectivity index (χ0n) is 15.4. The van der Waals surface area contributed by atoms with Crippen LogP contribution in [0.25, 0.3) is 0 Å². The van der Waals surface area contributed by atoms with Gasteiger partial charge in [-0.2, -0.15) is 0 Å². The minimum atomic E-state index is -0.424. The predicted octanol–water partition coefficient (Wildman–Crippen LogP) is 3.52. The van der Waals surface area contributed by atoms with Gasteiger partial charge >= 0.3 is 0 Å². The van der Waals surface area contributed by atoms with E-state index in [2.05, 4.69) is 32.4 Å². The fraction of sp³-hybridized carbons (Fsp3) is 0.143. The van der Waals surface area contributed by atoms with Crippen LogP contribution < -0.4 is 10.6 Å². The van der Waals surface area contributed by atoms with Gasteiger partial charge in [0.2, 0.25) is 11.8 Å². The third-order valence-electron chi connectivity index (χ3n) is 3.67. The number of hydrogen-bond acceptors (Lipinski definition) is 5. The molecule has 0 radical (unpaired) electrons. The van der Waals surface area contributed by atoms with Crippen molar-refractivity contribution < 1.29 is 9.59 Å². The van der Waals surface area contributed by atoms with Crippen molar-refractivity contribution in [2.75, 3.05) is 10.6 Å². The molecule has 3 rings (SSSR count). The molecule has 2 aromatic heterocycles. The van der Waals surface area contributed by atoms with Crippen LogP contribution in [0.5, 0.6) is 0 Å². The van der Waals surface area contributed by atoms with Crippen molar-refractivity contribution in [3.8, 4) is 11.8 Å². The molecule has 0 aliphatic carbocycles. The van der Waals surface area contributed by atoms with E-state index in [-0.39, 0.29) is 12.3 Å². The Labute approximate surface area is 167 Å². The highest BCUT2D eigenvalue weighted by molar-refractivity contribution is 7.16. The number of aromatic nitrogens is 2. The van der Waals surface area contributed by atoms with Crippen molar-refractivity contribution in [1.29, 1.82) is 0 Å². The van der Waals surface area contributed by atoms with E-state index in [0.717, 1.165) is 21.7 Å². The van der Waals surface area contributed by atoms with Crippen LogP contribution in [-0.2, 0) is 9.59 Å². The normalized spacial score (nSPS) is 9.93. The number of carbonyl (C=O) groups excluding carboxylic acids is 2. The Morgan fingerprint density at radius 2 is 1.79 bits per heavy atom. The van der Waals surface area contributed by atoms with Crippen molar-refractivity contribution >= 4 is 34.0 Å². The van der Waals surface area contributed by atoms with Crippen molar-refractivity contribution in [3.63, 3.8) is 0 Å². The van der Waals surface area contributed by atoms with Gasteiger partial charge in [0, 0.05) is 23.6 Å². The minimum Gasteiger partial charge on any atom is -0.326 e. The van der Waals surface area contributed by atoms with Crippen LogP contribution in [0.3, 0.4) is 0 Å². The highest BCUT2D eigenvalue weighted by atomic mass is 32.1. The SMILES string of the molecule is Cc1cccc(NC(=O)CC(=O)Nc2nc(C)c(C#Cc3ccncc3)s2)c1. The van der Waals surface area contributed by atoms with Gasteiger partial charge in [-0.05, 0) is 49.6 Å². The predicted molar refractivity (Wildman–Crippen MR) is 110 cm³/mol. The summed E-state index contributed by atoms with van der Waals surface area (Å²) in [5, 5.41) is 5.79. The first-order valence-electron chi connectivity index (χ1n) is 8.55. The smallest absolute Gasteiger partial charge is 0.235 e. The number of benzene rings is 1. The first kappa shape index (κ1) is 19.3. The van der Waals surface area contributed by atoms with E-state index in [4.69, 9.17) is 0 Å². The van der Waals surface area contributed by atoms with Crippen molar-refractivity contribution in [3.05, 3.63) is 70.5 Å². The first-order valence-corrected chi connectivity index (χ1v) is 9.37. The maximum atomic E-state index is 12.1. The number of nitrogens with one attached hydrogen (secondary N) is 2. The van der Waals surface area contributed by atoms with Crippen LogP contribution in [0, 0.1) is 25.7 Å². The Kier molecular flexibility index (Phi) is 6.14. The number of nitrogens with zero attached hydrogens (tertiary/aromatic N) is 2.